The van der Waals surface area contributed by atoms with Crippen LogP contribution in [-0.2, 0) is 6.42 Å². The summed E-state index contributed by atoms with van der Waals surface area (Å²) < 4.78 is 1.04. The minimum atomic E-state index is -0.511. The van der Waals surface area contributed by atoms with Crippen LogP contribution in [0.1, 0.15) is 17.2 Å². The quantitative estimate of drug-likeness (QED) is 0.815. The number of rotatable bonds is 3. The van der Waals surface area contributed by atoms with Gasteiger partial charge in [0, 0.05) is 15.0 Å². The van der Waals surface area contributed by atoms with E-state index in [1.165, 1.54) is 0 Å². The van der Waals surface area contributed by atoms with E-state index in [9.17, 15) is 5.11 Å². The van der Waals surface area contributed by atoms with Crippen LogP contribution in [0.15, 0.2) is 48.5 Å². The number of hydrogen-bond acceptors (Lipinski definition) is 1. The Morgan fingerprint density at radius 2 is 1.82 bits per heavy atom. The van der Waals surface area contributed by atoms with Gasteiger partial charge in [0.05, 0.1) is 6.10 Å². The Morgan fingerprint density at radius 1 is 1.12 bits per heavy atom. The first-order valence-electron chi connectivity index (χ1n) is 5.34. The third kappa shape index (κ3) is 3.44. The van der Waals surface area contributed by atoms with E-state index < -0.39 is 6.10 Å². The van der Waals surface area contributed by atoms with Gasteiger partial charge >= 0.3 is 0 Å². The van der Waals surface area contributed by atoms with Crippen molar-refractivity contribution in [3.8, 4) is 0 Å². The standard InChI is InChI=1S/C14H12ClIO/c15-11-6-7-13(16)12(9-11)14(17)8-10-4-2-1-3-5-10/h1-7,9,14,17H,8H2. The Kier molecular flexibility index (Phi) is 4.42. The van der Waals surface area contributed by atoms with E-state index in [-0.39, 0.29) is 0 Å². The van der Waals surface area contributed by atoms with Gasteiger partial charge in [-0.3, -0.25) is 0 Å². The molecule has 0 fully saturated rings. The van der Waals surface area contributed by atoms with Gasteiger partial charge in [-0.2, -0.15) is 0 Å². The molecular weight excluding hydrogens is 347 g/mol. The van der Waals surface area contributed by atoms with Gasteiger partial charge in [0.25, 0.3) is 0 Å². The van der Waals surface area contributed by atoms with Crippen molar-refractivity contribution >= 4 is 34.2 Å². The monoisotopic (exact) mass is 358 g/mol. The molecule has 1 atom stereocenters. The first-order chi connectivity index (χ1) is 8.16. The molecule has 0 heterocycles. The summed E-state index contributed by atoms with van der Waals surface area (Å²) in [5.74, 6) is 0. The number of aliphatic hydroxyl groups is 1. The lowest BCUT2D eigenvalue weighted by molar-refractivity contribution is 0.177. The zero-order valence-corrected chi connectivity index (χ0v) is 12.0. The third-order valence-electron chi connectivity index (χ3n) is 2.59. The predicted molar refractivity (Wildman–Crippen MR) is 79.3 cm³/mol. The molecule has 17 heavy (non-hydrogen) atoms. The van der Waals surface area contributed by atoms with E-state index in [2.05, 4.69) is 22.6 Å². The average molecular weight is 359 g/mol. The van der Waals surface area contributed by atoms with Crippen LogP contribution in [0.5, 0.6) is 0 Å². The molecular formula is C14H12ClIO. The molecule has 0 aliphatic carbocycles. The van der Waals surface area contributed by atoms with Crippen LogP contribution in [0.3, 0.4) is 0 Å². The van der Waals surface area contributed by atoms with Gasteiger partial charge in [-0.15, -0.1) is 0 Å². The second kappa shape index (κ2) is 5.85. The summed E-state index contributed by atoms with van der Waals surface area (Å²) in [4.78, 5) is 0. The fourth-order valence-electron chi connectivity index (χ4n) is 1.72. The molecule has 0 aliphatic heterocycles. The van der Waals surface area contributed by atoms with Gasteiger partial charge in [0.15, 0.2) is 0 Å². The molecule has 0 saturated heterocycles. The predicted octanol–water partition coefficient (Wildman–Crippen LogP) is 4.22. The van der Waals surface area contributed by atoms with E-state index in [0.717, 1.165) is 14.7 Å². The Hall–Kier alpha value is -0.580. The van der Waals surface area contributed by atoms with Crippen molar-refractivity contribution in [2.45, 2.75) is 12.5 Å². The molecule has 2 aromatic carbocycles. The fraction of sp³-hybridized carbons (Fsp3) is 0.143. The molecule has 2 aromatic rings. The first-order valence-corrected chi connectivity index (χ1v) is 6.79. The van der Waals surface area contributed by atoms with Crippen LogP contribution in [0, 0.1) is 3.57 Å². The molecule has 0 amide bonds. The van der Waals surface area contributed by atoms with E-state index >= 15 is 0 Å². The van der Waals surface area contributed by atoms with Crippen molar-refractivity contribution in [1.82, 2.24) is 0 Å². The van der Waals surface area contributed by atoms with E-state index in [0.29, 0.717) is 11.4 Å². The highest BCUT2D eigenvalue weighted by Crippen LogP contribution is 2.26. The highest BCUT2D eigenvalue weighted by atomic mass is 127. The molecule has 88 valence electrons. The second-order valence-electron chi connectivity index (χ2n) is 3.87. The maximum Gasteiger partial charge on any atom is 0.0841 e. The summed E-state index contributed by atoms with van der Waals surface area (Å²) in [6, 6.07) is 15.5. The highest BCUT2D eigenvalue weighted by Gasteiger charge is 2.12. The zero-order chi connectivity index (χ0) is 12.3. The maximum atomic E-state index is 10.2. The van der Waals surface area contributed by atoms with Gasteiger partial charge in [-0.1, -0.05) is 41.9 Å². The van der Waals surface area contributed by atoms with E-state index in [1.54, 1.807) is 0 Å². The normalized spacial score (nSPS) is 12.4. The lowest BCUT2D eigenvalue weighted by Crippen LogP contribution is -2.03. The van der Waals surface area contributed by atoms with Crippen molar-refractivity contribution in [3.05, 3.63) is 68.3 Å². The molecule has 1 unspecified atom stereocenters. The molecule has 0 radical (unpaired) electrons. The molecule has 0 aromatic heterocycles. The Labute approximate surface area is 120 Å². The number of hydrogen-bond donors (Lipinski definition) is 1. The largest absolute Gasteiger partial charge is 0.388 e. The smallest absolute Gasteiger partial charge is 0.0841 e. The average Bonchev–Trinajstić information content (AvgIpc) is 2.33. The van der Waals surface area contributed by atoms with Crippen molar-refractivity contribution in [2.24, 2.45) is 0 Å². The molecule has 0 bridgehead atoms. The van der Waals surface area contributed by atoms with Crippen LogP contribution in [0.4, 0.5) is 0 Å². The fourth-order valence-corrected chi connectivity index (χ4v) is 2.59. The van der Waals surface area contributed by atoms with Crippen LogP contribution in [0.2, 0.25) is 5.02 Å². The first kappa shape index (κ1) is 12.9. The Morgan fingerprint density at radius 3 is 2.53 bits per heavy atom. The van der Waals surface area contributed by atoms with Gasteiger partial charge in [0.1, 0.15) is 0 Å². The molecule has 2 rings (SSSR count). The summed E-state index contributed by atoms with van der Waals surface area (Å²) in [7, 11) is 0. The summed E-state index contributed by atoms with van der Waals surface area (Å²) in [5, 5.41) is 10.9. The van der Waals surface area contributed by atoms with Crippen LogP contribution >= 0.6 is 34.2 Å². The highest BCUT2D eigenvalue weighted by molar-refractivity contribution is 14.1. The number of halogens is 2. The van der Waals surface area contributed by atoms with Gasteiger partial charge in [0.2, 0.25) is 0 Å². The summed E-state index contributed by atoms with van der Waals surface area (Å²) >= 11 is 8.17. The molecule has 3 heteroatoms. The third-order valence-corrected chi connectivity index (χ3v) is 3.81. The van der Waals surface area contributed by atoms with E-state index in [1.807, 2.05) is 48.5 Å². The summed E-state index contributed by atoms with van der Waals surface area (Å²) in [6.45, 7) is 0. The zero-order valence-electron chi connectivity index (χ0n) is 9.11. The van der Waals surface area contributed by atoms with Gasteiger partial charge in [-0.25, -0.2) is 0 Å². The number of aliphatic hydroxyl groups excluding tert-OH is 1. The molecule has 0 aliphatic rings. The lowest BCUT2D eigenvalue weighted by Gasteiger charge is -2.13. The maximum absolute atomic E-state index is 10.2. The molecule has 0 saturated carbocycles. The topological polar surface area (TPSA) is 20.2 Å². The summed E-state index contributed by atoms with van der Waals surface area (Å²) in [5.41, 5.74) is 2.01. The van der Waals surface area contributed by atoms with Crippen LogP contribution in [-0.4, -0.2) is 5.11 Å². The Bertz CT molecular complexity index is 499. The number of benzene rings is 2. The lowest BCUT2D eigenvalue weighted by atomic mass is 10.0. The molecule has 1 nitrogen and oxygen atoms in total. The minimum absolute atomic E-state index is 0.511. The van der Waals surface area contributed by atoms with Crippen molar-refractivity contribution in [3.63, 3.8) is 0 Å². The summed E-state index contributed by atoms with van der Waals surface area (Å²) in [6.07, 6.45) is 0.0972. The van der Waals surface area contributed by atoms with Crippen molar-refractivity contribution in [1.29, 1.82) is 0 Å². The van der Waals surface area contributed by atoms with Crippen LogP contribution < -0.4 is 0 Å². The van der Waals surface area contributed by atoms with Crippen molar-refractivity contribution in [2.75, 3.05) is 0 Å². The van der Waals surface area contributed by atoms with Gasteiger partial charge < -0.3 is 5.11 Å². The Balaban J connectivity index is 2.20. The molecule has 0 spiro atoms. The second-order valence-corrected chi connectivity index (χ2v) is 5.47. The SMILES string of the molecule is OC(Cc1ccccc1)c1cc(Cl)ccc1I. The minimum Gasteiger partial charge on any atom is -0.388 e. The van der Waals surface area contributed by atoms with E-state index in [4.69, 9.17) is 11.6 Å². The van der Waals surface area contributed by atoms with Crippen molar-refractivity contribution < 1.29 is 5.11 Å². The van der Waals surface area contributed by atoms with Crippen LogP contribution in [0.25, 0.3) is 0 Å². The molecule has 1 N–H and O–H groups in total. The van der Waals surface area contributed by atoms with Gasteiger partial charge in [-0.05, 0) is 51.9 Å².